The third-order valence-electron chi connectivity index (χ3n) is 4.33. The Hall–Kier alpha value is -3.59. The van der Waals surface area contributed by atoms with Crippen LogP contribution in [-0.2, 0) is 13.2 Å². The van der Waals surface area contributed by atoms with E-state index in [4.69, 9.17) is 9.26 Å². The van der Waals surface area contributed by atoms with Gasteiger partial charge in [-0.1, -0.05) is 35.5 Å². The Morgan fingerprint density at radius 1 is 1.20 bits per heavy atom. The van der Waals surface area contributed by atoms with Gasteiger partial charge in [0, 0.05) is 17.5 Å². The molecule has 1 N–H and O–H groups in total. The largest absolute Gasteiger partial charge is 0.484 e. The zero-order valence-corrected chi connectivity index (χ0v) is 17.0. The van der Waals surface area contributed by atoms with Gasteiger partial charge in [0.2, 0.25) is 0 Å². The van der Waals surface area contributed by atoms with Crippen molar-refractivity contribution >= 4 is 17.7 Å². The van der Waals surface area contributed by atoms with Crippen LogP contribution in [0.3, 0.4) is 0 Å². The van der Waals surface area contributed by atoms with Crippen LogP contribution in [0.15, 0.2) is 76.7 Å². The smallest absolute Gasteiger partial charge is 0.273 e. The Balaban J connectivity index is 1.37. The molecule has 9 heteroatoms. The first-order valence-electron chi connectivity index (χ1n) is 9.17. The Kier molecular flexibility index (Phi) is 6.09. The molecule has 0 saturated carbocycles. The van der Waals surface area contributed by atoms with Crippen LogP contribution in [0, 0.1) is 0 Å². The van der Waals surface area contributed by atoms with Gasteiger partial charge in [0.15, 0.2) is 11.5 Å². The molecule has 0 aliphatic carbocycles. The van der Waals surface area contributed by atoms with Gasteiger partial charge in [-0.15, -0.1) is 11.8 Å². The van der Waals surface area contributed by atoms with E-state index in [0.29, 0.717) is 12.3 Å². The number of benzene rings is 2. The SMILES string of the molecule is CSc1ccccc1OCc1cc(C(=O)NCc2ccccc2-n2cncn2)no1. The number of carbonyl (C=O) groups excluding carboxylic acids is 1. The highest BCUT2D eigenvalue weighted by Crippen LogP contribution is 2.27. The average molecular weight is 421 g/mol. The summed E-state index contributed by atoms with van der Waals surface area (Å²) in [4.78, 5) is 17.5. The van der Waals surface area contributed by atoms with E-state index in [0.717, 1.165) is 21.9 Å². The maximum absolute atomic E-state index is 12.5. The Morgan fingerprint density at radius 2 is 2.03 bits per heavy atom. The van der Waals surface area contributed by atoms with Crippen LogP contribution in [-0.4, -0.2) is 32.1 Å². The molecule has 0 unspecified atom stereocenters. The normalized spacial score (nSPS) is 10.7. The number of carbonyl (C=O) groups is 1. The van der Waals surface area contributed by atoms with Crippen LogP contribution in [0.2, 0.25) is 0 Å². The zero-order valence-electron chi connectivity index (χ0n) is 16.2. The number of nitrogens with zero attached hydrogens (tertiary/aromatic N) is 4. The predicted octanol–water partition coefficient (Wildman–Crippen LogP) is 3.49. The molecule has 152 valence electrons. The lowest BCUT2D eigenvalue weighted by Gasteiger charge is -2.09. The quantitative estimate of drug-likeness (QED) is 0.435. The van der Waals surface area contributed by atoms with Crippen LogP contribution in [0.4, 0.5) is 0 Å². The van der Waals surface area contributed by atoms with Crippen LogP contribution in [0.5, 0.6) is 5.75 Å². The van der Waals surface area contributed by atoms with Gasteiger partial charge >= 0.3 is 0 Å². The van der Waals surface area contributed by atoms with E-state index in [9.17, 15) is 4.79 Å². The Bertz CT molecular complexity index is 1130. The van der Waals surface area contributed by atoms with E-state index in [2.05, 4.69) is 20.6 Å². The zero-order chi connectivity index (χ0) is 20.8. The molecule has 0 atom stereocenters. The number of para-hydroxylation sites is 2. The molecule has 8 nitrogen and oxygen atoms in total. The van der Waals surface area contributed by atoms with Gasteiger partial charge in [0.05, 0.1) is 5.69 Å². The van der Waals surface area contributed by atoms with Gasteiger partial charge in [0.1, 0.15) is 25.0 Å². The monoisotopic (exact) mass is 421 g/mol. The molecule has 0 fully saturated rings. The molecule has 0 bridgehead atoms. The third-order valence-corrected chi connectivity index (χ3v) is 5.10. The summed E-state index contributed by atoms with van der Waals surface area (Å²) in [5.41, 5.74) is 1.94. The fourth-order valence-electron chi connectivity index (χ4n) is 2.86. The first kappa shape index (κ1) is 19.7. The molecule has 4 aromatic rings. The molecular formula is C21H19N5O3S. The van der Waals surface area contributed by atoms with E-state index in [1.165, 1.54) is 6.33 Å². The van der Waals surface area contributed by atoms with Crippen LogP contribution in [0.25, 0.3) is 5.69 Å². The summed E-state index contributed by atoms with van der Waals surface area (Å²) < 4.78 is 12.7. The standard InChI is InChI=1S/C21H19N5O3S/c1-30-20-9-5-4-8-19(20)28-12-16-10-17(25-29-16)21(27)23-11-15-6-2-3-7-18(15)26-14-22-13-24-26/h2-10,13-14H,11-12H2,1H3,(H,23,27). The number of amides is 1. The highest BCUT2D eigenvalue weighted by Gasteiger charge is 2.14. The molecule has 2 heterocycles. The first-order chi connectivity index (χ1) is 14.7. The summed E-state index contributed by atoms with van der Waals surface area (Å²) in [5, 5.41) is 10.9. The number of ether oxygens (including phenoxy) is 1. The number of hydrogen-bond acceptors (Lipinski definition) is 7. The van der Waals surface area contributed by atoms with Gasteiger partial charge in [-0.05, 0) is 30.0 Å². The summed E-state index contributed by atoms with van der Waals surface area (Å²) in [7, 11) is 0. The topological polar surface area (TPSA) is 95.1 Å². The molecule has 2 aromatic heterocycles. The lowest BCUT2D eigenvalue weighted by Crippen LogP contribution is -2.23. The first-order valence-corrected chi connectivity index (χ1v) is 10.4. The number of hydrogen-bond donors (Lipinski definition) is 1. The van der Waals surface area contributed by atoms with E-state index in [1.807, 2.05) is 54.8 Å². The van der Waals surface area contributed by atoms with Crippen molar-refractivity contribution in [2.24, 2.45) is 0 Å². The average Bonchev–Trinajstić information content (AvgIpc) is 3.49. The van der Waals surface area contributed by atoms with Gasteiger partial charge in [-0.25, -0.2) is 9.67 Å². The highest BCUT2D eigenvalue weighted by atomic mass is 32.2. The fourth-order valence-corrected chi connectivity index (χ4v) is 3.40. The molecule has 2 aromatic carbocycles. The molecule has 1 amide bonds. The maximum Gasteiger partial charge on any atom is 0.273 e. The minimum atomic E-state index is -0.331. The van der Waals surface area contributed by atoms with Crippen LogP contribution < -0.4 is 10.1 Å². The van der Waals surface area contributed by atoms with Crippen molar-refractivity contribution in [3.05, 3.63) is 84.3 Å². The maximum atomic E-state index is 12.5. The molecule has 0 saturated heterocycles. The number of nitrogens with one attached hydrogen (secondary N) is 1. The third kappa shape index (κ3) is 4.52. The highest BCUT2D eigenvalue weighted by molar-refractivity contribution is 7.98. The predicted molar refractivity (Wildman–Crippen MR) is 112 cm³/mol. The Morgan fingerprint density at radius 3 is 2.87 bits per heavy atom. The number of rotatable bonds is 8. The summed E-state index contributed by atoms with van der Waals surface area (Å²) >= 11 is 1.60. The molecule has 4 rings (SSSR count). The van der Waals surface area contributed by atoms with E-state index < -0.39 is 0 Å². The number of thioether (sulfide) groups is 1. The number of aromatic nitrogens is 4. The summed E-state index contributed by atoms with van der Waals surface area (Å²) in [6, 6.07) is 17.0. The van der Waals surface area contributed by atoms with Gasteiger partial charge in [-0.3, -0.25) is 4.79 Å². The second-order valence-corrected chi connectivity index (χ2v) is 7.12. The minimum Gasteiger partial charge on any atom is -0.484 e. The van der Waals surface area contributed by atoms with Crippen molar-refractivity contribution in [2.45, 2.75) is 18.0 Å². The van der Waals surface area contributed by atoms with E-state index in [1.54, 1.807) is 28.8 Å². The van der Waals surface area contributed by atoms with Crippen molar-refractivity contribution in [3.63, 3.8) is 0 Å². The molecular weight excluding hydrogens is 402 g/mol. The lowest BCUT2D eigenvalue weighted by atomic mass is 10.1. The second-order valence-electron chi connectivity index (χ2n) is 6.27. The molecule has 0 aliphatic rings. The summed E-state index contributed by atoms with van der Waals surface area (Å²) in [6.45, 7) is 0.502. The van der Waals surface area contributed by atoms with E-state index >= 15 is 0 Å². The van der Waals surface area contributed by atoms with Gasteiger partial charge < -0.3 is 14.6 Å². The van der Waals surface area contributed by atoms with Gasteiger partial charge in [-0.2, -0.15) is 5.10 Å². The van der Waals surface area contributed by atoms with Gasteiger partial charge in [0.25, 0.3) is 5.91 Å². The second kappa shape index (κ2) is 9.27. The fraction of sp³-hybridized carbons (Fsp3) is 0.143. The van der Waals surface area contributed by atoms with Crippen LogP contribution >= 0.6 is 11.8 Å². The van der Waals surface area contributed by atoms with Crippen molar-refractivity contribution in [2.75, 3.05) is 6.26 Å². The van der Waals surface area contributed by atoms with Crippen molar-refractivity contribution in [3.8, 4) is 11.4 Å². The summed E-state index contributed by atoms with van der Waals surface area (Å²) in [6.07, 6.45) is 5.06. The van der Waals surface area contributed by atoms with E-state index in [-0.39, 0.29) is 18.2 Å². The van der Waals surface area contributed by atoms with Crippen molar-refractivity contribution < 1.29 is 14.1 Å². The molecule has 0 spiro atoms. The molecule has 0 radical (unpaired) electrons. The van der Waals surface area contributed by atoms with Crippen molar-refractivity contribution in [1.82, 2.24) is 25.2 Å². The Labute approximate surface area is 177 Å². The molecule has 30 heavy (non-hydrogen) atoms. The minimum absolute atomic E-state index is 0.187. The van der Waals surface area contributed by atoms with Crippen LogP contribution in [0.1, 0.15) is 21.8 Å². The lowest BCUT2D eigenvalue weighted by molar-refractivity contribution is 0.0941. The molecule has 0 aliphatic heterocycles. The summed E-state index contributed by atoms with van der Waals surface area (Å²) in [5.74, 6) is 0.902. The van der Waals surface area contributed by atoms with Crippen molar-refractivity contribution in [1.29, 1.82) is 0 Å².